The zero-order chi connectivity index (χ0) is 15.4. The molecule has 1 heterocycles. The van der Waals surface area contributed by atoms with E-state index in [0.717, 1.165) is 16.5 Å². The molecule has 1 N–H and O–H groups in total. The Bertz CT molecular complexity index is 650. The third-order valence-corrected chi connectivity index (χ3v) is 5.48. The summed E-state index contributed by atoms with van der Waals surface area (Å²) in [5.74, 6) is -1.88. The number of carbonyl (C=O) groups is 1. The van der Waals surface area contributed by atoms with E-state index in [0.29, 0.717) is 4.34 Å². The van der Waals surface area contributed by atoms with Crippen LogP contribution in [0.4, 0.5) is 14.5 Å². The third kappa shape index (κ3) is 4.39. The predicted molar refractivity (Wildman–Crippen MR) is 82.0 cm³/mol. The number of nitrogens with zero attached hydrogens (tertiary/aromatic N) is 2. The fraction of sp³-hybridized carbons (Fsp3) is 0.250. The lowest BCUT2D eigenvalue weighted by Crippen LogP contribution is -2.22. The molecule has 4 nitrogen and oxygen atoms in total. The summed E-state index contributed by atoms with van der Waals surface area (Å²) in [5.41, 5.74) is -0.0454. The fourth-order valence-electron chi connectivity index (χ4n) is 1.36. The molecule has 1 amide bonds. The summed E-state index contributed by atoms with van der Waals surface area (Å²) in [6, 6.07) is 3.01. The van der Waals surface area contributed by atoms with Gasteiger partial charge in [-0.15, -0.1) is 10.2 Å². The number of benzene rings is 1. The quantitative estimate of drug-likeness (QED) is 0.837. The summed E-state index contributed by atoms with van der Waals surface area (Å²) in [6.07, 6.45) is 1.89. The average molecular weight is 347 g/mol. The summed E-state index contributed by atoms with van der Waals surface area (Å²) in [4.78, 5) is 12.0. The van der Waals surface area contributed by atoms with E-state index in [1.54, 1.807) is 6.92 Å². The summed E-state index contributed by atoms with van der Waals surface area (Å²) in [7, 11) is 0. The van der Waals surface area contributed by atoms with E-state index < -0.39 is 16.9 Å². The molecule has 2 aromatic rings. The molecule has 2 rings (SSSR count). The molecule has 0 saturated heterocycles. The largest absolute Gasteiger partial charge is 0.323 e. The van der Waals surface area contributed by atoms with Crippen LogP contribution < -0.4 is 5.32 Å². The lowest BCUT2D eigenvalue weighted by atomic mass is 10.3. The number of carbonyl (C=O) groups excluding carboxylic acids is 1. The standard InChI is InChI=1S/C12H11F2N3OS3/c1-6(20-12-17-16-11(19-2)21-12)10(18)15-9-4-3-7(13)5-8(9)14/h3-6H,1-2H3,(H,15,18). The van der Waals surface area contributed by atoms with E-state index in [4.69, 9.17) is 0 Å². The Labute approximate surface area is 132 Å². The van der Waals surface area contributed by atoms with Gasteiger partial charge in [0.05, 0.1) is 10.9 Å². The fourth-order valence-corrected chi connectivity index (χ4v) is 3.94. The normalized spacial score (nSPS) is 12.2. The van der Waals surface area contributed by atoms with Crippen molar-refractivity contribution in [1.29, 1.82) is 0 Å². The average Bonchev–Trinajstić information content (AvgIpc) is 2.89. The Hall–Kier alpha value is -1.19. The Morgan fingerprint density at radius 1 is 1.33 bits per heavy atom. The molecular formula is C12H11F2N3OS3. The van der Waals surface area contributed by atoms with E-state index >= 15 is 0 Å². The van der Waals surface area contributed by atoms with E-state index in [1.807, 2.05) is 6.26 Å². The van der Waals surface area contributed by atoms with Gasteiger partial charge in [-0.2, -0.15) is 0 Å². The van der Waals surface area contributed by atoms with Crippen LogP contribution in [0.5, 0.6) is 0 Å². The van der Waals surface area contributed by atoms with Gasteiger partial charge < -0.3 is 5.32 Å². The van der Waals surface area contributed by atoms with Gasteiger partial charge >= 0.3 is 0 Å². The highest BCUT2D eigenvalue weighted by molar-refractivity contribution is 8.03. The summed E-state index contributed by atoms with van der Waals surface area (Å²) in [5, 5.41) is 9.84. The van der Waals surface area contributed by atoms with Crippen LogP contribution in [-0.2, 0) is 4.79 Å². The van der Waals surface area contributed by atoms with Crippen LogP contribution in [0.2, 0.25) is 0 Å². The molecule has 0 aliphatic rings. The van der Waals surface area contributed by atoms with Crippen molar-refractivity contribution in [1.82, 2.24) is 10.2 Å². The predicted octanol–water partition coefficient (Wildman–Crippen LogP) is 3.66. The molecule has 9 heteroatoms. The van der Waals surface area contributed by atoms with Crippen LogP contribution in [-0.4, -0.2) is 27.6 Å². The first-order valence-corrected chi connectivity index (χ1v) is 8.71. The molecule has 21 heavy (non-hydrogen) atoms. The molecule has 1 aromatic heterocycles. The van der Waals surface area contributed by atoms with Crippen molar-refractivity contribution >= 4 is 46.5 Å². The second-order valence-electron chi connectivity index (χ2n) is 3.91. The van der Waals surface area contributed by atoms with Crippen molar-refractivity contribution in [2.24, 2.45) is 0 Å². The van der Waals surface area contributed by atoms with Crippen LogP contribution in [0.1, 0.15) is 6.92 Å². The molecule has 0 fully saturated rings. The molecule has 0 radical (unpaired) electrons. The Balaban J connectivity index is 1.99. The number of aromatic nitrogens is 2. The molecule has 0 aliphatic heterocycles. The van der Waals surface area contributed by atoms with Gasteiger partial charge in [-0.25, -0.2) is 8.78 Å². The number of thioether (sulfide) groups is 2. The second-order valence-corrected chi connectivity index (χ2v) is 7.53. The second kappa shape index (κ2) is 7.19. The van der Waals surface area contributed by atoms with Crippen LogP contribution in [0.3, 0.4) is 0 Å². The van der Waals surface area contributed by atoms with Crippen LogP contribution >= 0.6 is 34.9 Å². The zero-order valence-corrected chi connectivity index (χ0v) is 13.5. The number of nitrogens with one attached hydrogen (secondary N) is 1. The lowest BCUT2D eigenvalue weighted by molar-refractivity contribution is -0.115. The minimum atomic E-state index is -0.805. The molecule has 1 atom stereocenters. The number of hydrogen-bond donors (Lipinski definition) is 1. The minimum absolute atomic E-state index is 0.0454. The maximum Gasteiger partial charge on any atom is 0.237 e. The van der Waals surface area contributed by atoms with E-state index in [2.05, 4.69) is 15.5 Å². The number of halogens is 2. The van der Waals surface area contributed by atoms with Gasteiger partial charge in [-0.1, -0.05) is 34.9 Å². The molecular weight excluding hydrogens is 336 g/mol. The Morgan fingerprint density at radius 3 is 2.67 bits per heavy atom. The first kappa shape index (κ1) is 16.2. The first-order valence-electron chi connectivity index (χ1n) is 5.79. The van der Waals surface area contributed by atoms with Crippen molar-refractivity contribution < 1.29 is 13.6 Å². The number of hydrogen-bond acceptors (Lipinski definition) is 6. The van der Waals surface area contributed by atoms with Crippen LogP contribution in [0.25, 0.3) is 0 Å². The van der Waals surface area contributed by atoms with Gasteiger partial charge in [0.25, 0.3) is 0 Å². The molecule has 0 saturated carbocycles. The van der Waals surface area contributed by atoms with Gasteiger partial charge in [0.15, 0.2) is 8.68 Å². The van der Waals surface area contributed by atoms with E-state index in [-0.39, 0.29) is 11.6 Å². The van der Waals surface area contributed by atoms with Crippen molar-refractivity contribution in [3.63, 3.8) is 0 Å². The lowest BCUT2D eigenvalue weighted by Gasteiger charge is -2.10. The van der Waals surface area contributed by atoms with Crippen molar-refractivity contribution in [3.8, 4) is 0 Å². The van der Waals surface area contributed by atoms with Crippen molar-refractivity contribution in [3.05, 3.63) is 29.8 Å². The van der Waals surface area contributed by atoms with Crippen LogP contribution in [0.15, 0.2) is 26.9 Å². The molecule has 0 bridgehead atoms. The van der Waals surface area contributed by atoms with E-state index in [9.17, 15) is 13.6 Å². The van der Waals surface area contributed by atoms with Crippen molar-refractivity contribution in [2.75, 3.05) is 11.6 Å². The Morgan fingerprint density at radius 2 is 2.05 bits per heavy atom. The number of amides is 1. The minimum Gasteiger partial charge on any atom is -0.323 e. The van der Waals surface area contributed by atoms with Gasteiger partial charge in [-0.3, -0.25) is 4.79 Å². The SMILES string of the molecule is CSc1nnc(SC(C)C(=O)Nc2ccc(F)cc2F)s1. The van der Waals surface area contributed by atoms with E-state index in [1.165, 1.54) is 40.9 Å². The van der Waals surface area contributed by atoms with Crippen molar-refractivity contribution in [2.45, 2.75) is 20.9 Å². The van der Waals surface area contributed by atoms with Gasteiger partial charge in [0, 0.05) is 6.07 Å². The van der Waals surface area contributed by atoms with Gasteiger partial charge in [-0.05, 0) is 25.3 Å². The summed E-state index contributed by atoms with van der Waals surface area (Å²) >= 11 is 4.11. The molecule has 0 spiro atoms. The summed E-state index contributed by atoms with van der Waals surface area (Å²) < 4.78 is 27.7. The van der Waals surface area contributed by atoms with Gasteiger partial charge in [0.2, 0.25) is 5.91 Å². The number of anilines is 1. The third-order valence-electron chi connectivity index (χ3n) is 2.40. The van der Waals surface area contributed by atoms with Gasteiger partial charge in [0.1, 0.15) is 11.6 Å². The highest BCUT2D eigenvalue weighted by Crippen LogP contribution is 2.30. The smallest absolute Gasteiger partial charge is 0.237 e. The molecule has 112 valence electrons. The Kier molecular flexibility index (Phi) is 5.54. The molecule has 1 unspecified atom stereocenters. The maximum atomic E-state index is 13.5. The first-order chi connectivity index (χ1) is 9.99. The highest BCUT2D eigenvalue weighted by Gasteiger charge is 2.18. The monoisotopic (exact) mass is 347 g/mol. The zero-order valence-electron chi connectivity index (χ0n) is 11.1. The number of rotatable bonds is 5. The van der Waals surface area contributed by atoms with Crippen LogP contribution in [0, 0.1) is 11.6 Å². The topological polar surface area (TPSA) is 54.9 Å². The summed E-state index contributed by atoms with van der Waals surface area (Å²) in [6.45, 7) is 1.68. The molecule has 1 aromatic carbocycles. The maximum absolute atomic E-state index is 13.5. The molecule has 0 aliphatic carbocycles. The highest BCUT2D eigenvalue weighted by atomic mass is 32.2.